The third kappa shape index (κ3) is 4.78. The zero-order valence-corrected chi connectivity index (χ0v) is 15.8. The molecule has 6 nitrogen and oxygen atoms in total. The van der Waals surface area contributed by atoms with Gasteiger partial charge < -0.3 is 19.5 Å². The molecule has 0 bridgehead atoms. The molecular weight excluding hydrogens is 344 g/mol. The van der Waals surface area contributed by atoms with Crippen LogP contribution in [0.1, 0.15) is 22.0 Å². The van der Waals surface area contributed by atoms with Crippen LogP contribution in [-0.2, 0) is 4.74 Å². The smallest absolute Gasteiger partial charge is 0.255 e. The number of benzene rings is 2. The van der Waals surface area contributed by atoms with Gasteiger partial charge in [0.1, 0.15) is 11.5 Å². The van der Waals surface area contributed by atoms with E-state index in [0.29, 0.717) is 31.1 Å². The fourth-order valence-corrected chi connectivity index (χ4v) is 3.29. The third-order valence-corrected chi connectivity index (χ3v) is 4.79. The van der Waals surface area contributed by atoms with Crippen LogP contribution in [0.25, 0.3) is 0 Å². The summed E-state index contributed by atoms with van der Waals surface area (Å²) in [6, 6.07) is 15.3. The van der Waals surface area contributed by atoms with Crippen LogP contribution in [0.5, 0.6) is 11.5 Å². The molecule has 2 aromatic rings. The van der Waals surface area contributed by atoms with Gasteiger partial charge in [0.25, 0.3) is 5.91 Å². The molecule has 1 amide bonds. The molecule has 1 atom stereocenters. The minimum atomic E-state index is -0.140. The summed E-state index contributed by atoms with van der Waals surface area (Å²) >= 11 is 0. The van der Waals surface area contributed by atoms with Gasteiger partial charge in [-0.1, -0.05) is 24.3 Å². The SMILES string of the molecule is COc1ccc(C(CNC(=O)c2ccccc2OC)N2CCOCC2)cc1. The van der Waals surface area contributed by atoms with Crippen molar-refractivity contribution in [3.8, 4) is 11.5 Å². The average Bonchev–Trinajstić information content (AvgIpc) is 2.75. The first-order valence-electron chi connectivity index (χ1n) is 9.10. The average molecular weight is 370 g/mol. The highest BCUT2D eigenvalue weighted by molar-refractivity contribution is 5.96. The molecule has 1 fully saturated rings. The second-order valence-electron chi connectivity index (χ2n) is 6.35. The van der Waals surface area contributed by atoms with Gasteiger partial charge in [0.2, 0.25) is 0 Å². The fourth-order valence-electron chi connectivity index (χ4n) is 3.29. The first-order chi connectivity index (χ1) is 13.2. The molecule has 144 valence electrons. The molecule has 1 N–H and O–H groups in total. The lowest BCUT2D eigenvalue weighted by atomic mass is 10.0. The van der Waals surface area contributed by atoms with Gasteiger partial charge in [-0.15, -0.1) is 0 Å². The number of amides is 1. The van der Waals surface area contributed by atoms with Crippen molar-refractivity contribution in [1.82, 2.24) is 10.2 Å². The Balaban J connectivity index is 1.75. The van der Waals surface area contributed by atoms with E-state index in [1.807, 2.05) is 36.4 Å². The lowest BCUT2D eigenvalue weighted by Crippen LogP contribution is -2.43. The second-order valence-corrected chi connectivity index (χ2v) is 6.35. The van der Waals surface area contributed by atoms with Crippen molar-refractivity contribution in [1.29, 1.82) is 0 Å². The van der Waals surface area contributed by atoms with E-state index in [4.69, 9.17) is 14.2 Å². The van der Waals surface area contributed by atoms with E-state index in [9.17, 15) is 4.79 Å². The summed E-state index contributed by atoms with van der Waals surface area (Å²) in [6.07, 6.45) is 0. The van der Waals surface area contributed by atoms with Gasteiger partial charge in [0.05, 0.1) is 39.0 Å². The van der Waals surface area contributed by atoms with Crippen molar-refractivity contribution in [2.45, 2.75) is 6.04 Å². The summed E-state index contributed by atoms with van der Waals surface area (Å²) in [5, 5.41) is 3.07. The number of hydrogen-bond acceptors (Lipinski definition) is 5. The van der Waals surface area contributed by atoms with Crippen molar-refractivity contribution in [3.05, 3.63) is 59.7 Å². The van der Waals surface area contributed by atoms with Crippen molar-refractivity contribution in [2.24, 2.45) is 0 Å². The van der Waals surface area contributed by atoms with Crippen molar-refractivity contribution in [3.63, 3.8) is 0 Å². The molecule has 3 rings (SSSR count). The Morgan fingerprint density at radius 1 is 1.07 bits per heavy atom. The number of para-hydroxylation sites is 1. The van der Waals surface area contributed by atoms with Crippen molar-refractivity contribution < 1.29 is 19.0 Å². The number of morpholine rings is 1. The molecule has 0 spiro atoms. The van der Waals surface area contributed by atoms with E-state index >= 15 is 0 Å². The molecule has 6 heteroatoms. The predicted molar refractivity (Wildman–Crippen MR) is 103 cm³/mol. The number of nitrogens with one attached hydrogen (secondary N) is 1. The van der Waals surface area contributed by atoms with E-state index in [2.05, 4.69) is 10.2 Å². The molecule has 1 saturated heterocycles. The maximum Gasteiger partial charge on any atom is 0.255 e. The number of ether oxygens (including phenoxy) is 3. The number of carbonyl (C=O) groups excluding carboxylic acids is 1. The monoisotopic (exact) mass is 370 g/mol. The normalized spacial score (nSPS) is 15.8. The van der Waals surface area contributed by atoms with Gasteiger partial charge in [-0.25, -0.2) is 0 Å². The van der Waals surface area contributed by atoms with Crippen LogP contribution in [0.3, 0.4) is 0 Å². The van der Waals surface area contributed by atoms with Crippen LogP contribution in [0, 0.1) is 0 Å². The number of carbonyl (C=O) groups is 1. The Morgan fingerprint density at radius 2 is 1.78 bits per heavy atom. The van der Waals surface area contributed by atoms with Gasteiger partial charge in [-0.3, -0.25) is 9.69 Å². The largest absolute Gasteiger partial charge is 0.497 e. The quantitative estimate of drug-likeness (QED) is 0.812. The molecule has 0 radical (unpaired) electrons. The number of rotatable bonds is 7. The van der Waals surface area contributed by atoms with Crippen LogP contribution in [0.4, 0.5) is 0 Å². The fraction of sp³-hybridized carbons (Fsp3) is 0.381. The summed E-state index contributed by atoms with van der Waals surface area (Å²) in [6.45, 7) is 3.58. The lowest BCUT2D eigenvalue weighted by molar-refractivity contribution is 0.0162. The summed E-state index contributed by atoms with van der Waals surface area (Å²) in [5.74, 6) is 1.25. The summed E-state index contributed by atoms with van der Waals surface area (Å²) in [4.78, 5) is 15.0. The van der Waals surface area contributed by atoms with E-state index in [1.165, 1.54) is 0 Å². The molecule has 0 saturated carbocycles. The molecule has 27 heavy (non-hydrogen) atoms. The van der Waals surface area contributed by atoms with Gasteiger partial charge in [-0.2, -0.15) is 0 Å². The molecule has 0 aromatic heterocycles. The van der Waals surface area contributed by atoms with Crippen LogP contribution in [0.2, 0.25) is 0 Å². The van der Waals surface area contributed by atoms with Gasteiger partial charge >= 0.3 is 0 Å². The maximum absolute atomic E-state index is 12.7. The van der Waals surface area contributed by atoms with Crippen molar-refractivity contribution >= 4 is 5.91 Å². The second kappa shape index (κ2) is 9.39. The van der Waals surface area contributed by atoms with Gasteiger partial charge in [0.15, 0.2) is 0 Å². The molecule has 1 unspecified atom stereocenters. The highest BCUT2D eigenvalue weighted by atomic mass is 16.5. The molecule has 2 aromatic carbocycles. The molecule has 1 heterocycles. The van der Waals surface area contributed by atoms with Crippen LogP contribution >= 0.6 is 0 Å². The molecule has 0 aliphatic carbocycles. The lowest BCUT2D eigenvalue weighted by Gasteiger charge is -2.35. The Morgan fingerprint density at radius 3 is 2.44 bits per heavy atom. The minimum absolute atomic E-state index is 0.0680. The third-order valence-electron chi connectivity index (χ3n) is 4.79. The summed E-state index contributed by atoms with van der Waals surface area (Å²) in [5.41, 5.74) is 1.67. The van der Waals surface area contributed by atoms with Crippen LogP contribution < -0.4 is 14.8 Å². The highest BCUT2D eigenvalue weighted by Gasteiger charge is 2.24. The van der Waals surface area contributed by atoms with Gasteiger partial charge in [0, 0.05) is 19.6 Å². The van der Waals surface area contributed by atoms with E-state index in [1.54, 1.807) is 26.4 Å². The Hall–Kier alpha value is -2.57. The molecule has 1 aliphatic heterocycles. The molecular formula is C21H26N2O4. The van der Waals surface area contributed by atoms with Crippen molar-refractivity contribution in [2.75, 3.05) is 47.1 Å². The number of nitrogens with zero attached hydrogens (tertiary/aromatic N) is 1. The first kappa shape index (κ1) is 19.2. The van der Waals surface area contributed by atoms with E-state index < -0.39 is 0 Å². The number of methoxy groups -OCH3 is 2. The first-order valence-corrected chi connectivity index (χ1v) is 9.10. The molecule has 1 aliphatic rings. The Bertz CT molecular complexity index is 742. The standard InChI is InChI=1S/C21H26N2O4/c1-25-17-9-7-16(8-10-17)19(23-11-13-27-14-12-23)15-22-21(24)18-5-3-4-6-20(18)26-2/h3-10,19H,11-15H2,1-2H3,(H,22,24). The Kier molecular flexibility index (Phi) is 6.68. The predicted octanol–water partition coefficient (Wildman–Crippen LogP) is 2.51. The van der Waals surface area contributed by atoms with E-state index in [-0.39, 0.29) is 11.9 Å². The number of hydrogen-bond donors (Lipinski definition) is 1. The van der Waals surface area contributed by atoms with Crippen LogP contribution in [-0.4, -0.2) is 57.9 Å². The Labute approximate surface area is 160 Å². The summed E-state index contributed by atoms with van der Waals surface area (Å²) in [7, 11) is 3.22. The van der Waals surface area contributed by atoms with Crippen LogP contribution in [0.15, 0.2) is 48.5 Å². The summed E-state index contributed by atoms with van der Waals surface area (Å²) < 4.78 is 16.0. The minimum Gasteiger partial charge on any atom is -0.497 e. The maximum atomic E-state index is 12.7. The van der Waals surface area contributed by atoms with Gasteiger partial charge in [-0.05, 0) is 29.8 Å². The highest BCUT2D eigenvalue weighted by Crippen LogP contribution is 2.24. The van der Waals surface area contributed by atoms with E-state index in [0.717, 1.165) is 24.4 Å². The zero-order chi connectivity index (χ0) is 19.1. The topological polar surface area (TPSA) is 60.0 Å². The zero-order valence-electron chi connectivity index (χ0n) is 15.8.